The molecule has 3 aromatic carbocycles. The van der Waals surface area contributed by atoms with Crippen LogP contribution in [0, 0.1) is 6.92 Å². The number of nitrogens with one attached hydrogen (secondary N) is 2. The molecule has 1 heterocycles. The summed E-state index contributed by atoms with van der Waals surface area (Å²) < 4.78 is 0. The van der Waals surface area contributed by atoms with Gasteiger partial charge in [0, 0.05) is 18.5 Å². The van der Waals surface area contributed by atoms with Crippen molar-refractivity contribution < 1.29 is 24.3 Å². The lowest BCUT2D eigenvalue weighted by molar-refractivity contribution is -0.148. The number of carboxylic acids is 1. The monoisotopic (exact) mass is 553 g/mol. The van der Waals surface area contributed by atoms with Gasteiger partial charge in [0.2, 0.25) is 5.60 Å². The largest absolute Gasteiger partial charge is 0.480 e. The molecule has 196 valence electrons. The number of aliphatic carboxylic acids is 1. The van der Waals surface area contributed by atoms with Crippen LogP contribution in [0.2, 0.25) is 10.0 Å². The smallest absolute Gasteiger partial charge is 0.326 e. The van der Waals surface area contributed by atoms with Crippen LogP contribution in [0.5, 0.6) is 0 Å². The van der Waals surface area contributed by atoms with Crippen LogP contribution in [0.4, 0.5) is 5.69 Å². The number of hydrogen-bond acceptors (Lipinski definition) is 5. The van der Waals surface area contributed by atoms with E-state index >= 15 is 0 Å². The molecule has 0 aliphatic carbocycles. The highest BCUT2D eigenvalue weighted by molar-refractivity contribution is 6.40. The van der Waals surface area contributed by atoms with Crippen LogP contribution >= 0.6 is 23.2 Å². The Labute approximate surface area is 229 Å². The molecule has 0 aromatic heterocycles. The second kappa shape index (κ2) is 11.2. The van der Waals surface area contributed by atoms with Crippen molar-refractivity contribution in [3.8, 4) is 0 Å². The summed E-state index contributed by atoms with van der Waals surface area (Å²) >= 11 is 12.2. The molecule has 1 unspecified atom stereocenters. The van der Waals surface area contributed by atoms with E-state index in [4.69, 9.17) is 28.0 Å². The van der Waals surface area contributed by atoms with Crippen molar-refractivity contribution in [2.24, 2.45) is 5.16 Å². The summed E-state index contributed by atoms with van der Waals surface area (Å²) in [6.45, 7) is 3.54. The molecular formula is C28H25Cl2N3O5. The average molecular weight is 554 g/mol. The van der Waals surface area contributed by atoms with E-state index in [2.05, 4.69) is 15.8 Å². The lowest BCUT2D eigenvalue weighted by Crippen LogP contribution is -2.51. The lowest BCUT2D eigenvalue weighted by Gasteiger charge is -2.23. The standard InChI is InChI=1S/C28H25Cl2N3O5/c1-16-5-3-6-18(13-16)23-15-28(2,38-33-23)27(37)32-22(26(35)36)14-17-9-11-19(12-10-17)31-25(34)24-20(29)7-4-8-21(24)30/h3-13,22H,14-15H2,1-2H3,(H,31,34)(H,32,37)(H,35,36)/t22?,28-/m0/s1. The zero-order chi connectivity index (χ0) is 27.4. The number of carbonyl (C=O) groups is 3. The van der Waals surface area contributed by atoms with Crippen LogP contribution in [0.25, 0.3) is 0 Å². The van der Waals surface area contributed by atoms with Gasteiger partial charge in [-0.2, -0.15) is 0 Å². The number of aryl methyl sites for hydroxylation is 1. The Hall–Kier alpha value is -3.88. The average Bonchev–Trinajstić information content (AvgIpc) is 3.28. The van der Waals surface area contributed by atoms with Gasteiger partial charge in [-0.1, -0.05) is 76.4 Å². The van der Waals surface area contributed by atoms with Crippen molar-refractivity contribution in [1.82, 2.24) is 5.32 Å². The van der Waals surface area contributed by atoms with Gasteiger partial charge in [-0.15, -0.1) is 0 Å². The number of anilines is 1. The number of carboxylic acid groups (broad SMARTS) is 1. The quantitative estimate of drug-likeness (QED) is 0.352. The first-order valence-corrected chi connectivity index (χ1v) is 12.5. The van der Waals surface area contributed by atoms with Crippen LogP contribution in [0.3, 0.4) is 0 Å². The van der Waals surface area contributed by atoms with E-state index in [1.165, 1.54) is 0 Å². The number of nitrogens with zero attached hydrogens (tertiary/aromatic N) is 1. The van der Waals surface area contributed by atoms with Gasteiger partial charge in [0.1, 0.15) is 6.04 Å². The Balaban J connectivity index is 1.38. The summed E-state index contributed by atoms with van der Waals surface area (Å²) in [5, 5.41) is 19.6. The fourth-order valence-electron chi connectivity index (χ4n) is 4.02. The number of amides is 2. The molecule has 0 saturated carbocycles. The van der Waals surface area contributed by atoms with E-state index in [-0.39, 0.29) is 28.5 Å². The Morgan fingerprint density at radius 2 is 1.71 bits per heavy atom. The summed E-state index contributed by atoms with van der Waals surface area (Å²) in [5.74, 6) is -2.23. The fourth-order valence-corrected chi connectivity index (χ4v) is 4.59. The SMILES string of the molecule is Cc1cccc(C2=NO[C@](C)(C(=O)NC(Cc3ccc(NC(=O)c4c(Cl)cccc4Cl)cc3)C(=O)O)C2)c1. The first kappa shape index (κ1) is 27.2. The summed E-state index contributed by atoms with van der Waals surface area (Å²) in [7, 11) is 0. The molecule has 3 aromatic rings. The highest BCUT2D eigenvalue weighted by Crippen LogP contribution is 2.28. The van der Waals surface area contributed by atoms with Gasteiger partial charge in [0.25, 0.3) is 11.8 Å². The van der Waals surface area contributed by atoms with E-state index in [0.29, 0.717) is 17.0 Å². The molecule has 38 heavy (non-hydrogen) atoms. The maximum Gasteiger partial charge on any atom is 0.326 e. The lowest BCUT2D eigenvalue weighted by atomic mass is 9.94. The molecule has 0 spiro atoms. The molecule has 0 radical (unpaired) electrons. The second-order valence-electron chi connectivity index (χ2n) is 9.22. The molecule has 4 rings (SSSR count). The molecule has 3 N–H and O–H groups in total. The van der Waals surface area contributed by atoms with Crippen molar-refractivity contribution in [3.63, 3.8) is 0 Å². The third-order valence-electron chi connectivity index (χ3n) is 6.14. The first-order valence-electron chi connectivity index (χ1n) is 11.8. The molecule has 2 atom stereocenters. The number of carbonyl (C=O) groups excluding carboxylic acids is 2. The van der Waals surface area contributed by atoms with E-state index in [1.807, 2.05) is 31.2 Å². The third kappa shape index (κ3) is 6.15. The zero-order valence-corrected chi connectivity index (χ0v) is 22.1. The number of rotatable bonds is 8. The third-order valence-corrected chi connectivity index (χ3v) is 6.77. The molecule has 10 heteroatoms. The molecular weight excluding hydrogens is 529 g/mol. The predicted octanol–water partition coefficient (Wildman–Crippen LogP) is 5.25. The van der Waals surface area contributed by atoms with Crippen molar-refractivity contribution in [1.29, 1.82) is 0 Å². The Morgan fingerprint density at radius 1 is 1.05 bits per heavy atom. The first-order chi connectivity index (χ1) is 18.1. The van der Waals surface area contributed by atoms with Crippen molar-refractivity contribution in [2.45, 2.75) is 38.3 Å². The normalized spacial score (nSPS) is 17.2. The maximum atomic E-state index is 13.0. The van der Waals surface area contributed by atoms with Gasteiger partial charge in [0.15, 0.2) is 0 Å². The van der Waals surface area contributed by atoms with Crippen LogP contribution in [0.1, 0.15) is 40.4 Å². The highest BCUT2D eigenvalue weighted by atomic mass is 35.5. The molecule has 0 bridgehead atoms. The van der Waals surface area contributed by atoms with Gasteiger partial charge in [-0.05, 0) is 49.2 Å². The molecule has 2 amide bonds. The summed E-state index contributed by atoms with van der Waals surface area (Å²) in [6, 6.07) is 17.8. The maximum absolute atomic E-state index is 13.0. The van der Waals surface area contributed by atoms with Crippen molar-refractivity contribution in [2.75, 3.05) is 5.32 Å². The summed E-state index contributed by atoms with van der Waals surface area (Å²) in [4.78, 5) is 43.0. The topological polar surface area (TPSA) is 117 Å². The minimum Gasteiger partial charge on any atom is -0.480 e. The van der Waals surface area contributed by atoms with Gasteiger partial charge in [0.05, 0.1) is 21.3 Å². The van der Waals surface area contributed by atoms with E-state index in [1.54, 1.807) is 49.4 Å². The van der Waals surface area contributed by atoms with Crippen molar-refractivity contribution in [3.05, 3.63) is 99.0 Å². The van der Waals surface area contributed by atoms with Crippen LogP contribution in [-0.2, 0) is 20.8 Å². The molecule has 0 fully saturated rings. The fraction of sp³-hybridized carbons (Fsp3) is 0.214. The highest BCUT2D eigenvalue weighted by Gasteiger charge is 2.43. The van der Waals surface area contributed by atoms with Crippen LogP contribution in [0.15, 0.2) is 71.9 Å². The summed E-state index contributed by atoms with van der Waals surface area (Å²) in [5.41, 5.74) is 2.45. The van der Waals surface area contributed by atoms with E-state index in [9.17, 15) is 19.5 Å². The Bertz CT molecular complexity index is 1400. The Morgan fingerprint density at radius 3 is 2.34 bits per heavy atom. The number of oxime groups is 1. The van der Waals surface area contributed by atoms with Gasteiger partial charge in [-0.25, -0.2) is 4.79 Å². The number of benzene rings is 3. The van der Waals surface area contributed by atoms with Gasteiger partial charge in [-0.3, -0.25) is 9.59 Å². The second-order valence-corrected chi connectivity index (χ2v) is 10.0. The zero-order valence-electron chi connectivity index (χ0n) is 20.6. The molecule has 1 aliphatic rings. The summed E-state index contributed by atoms with van der Waals surface area (Å²) in [6.07, 6.45) is 0.228. The van der Waals surface area contributed by atoms with Crippen LogP contribution in [-0.4, -0.2) is 40.2 Å². The molecule has 1 aliphatic heterocycles. The van der Waals surface area contributed by atoms with E-state index < -0.39 is 29.4 Å². The molecule has 0 saturated heterocycles. The van der Waals surface area contributed by atoms with Crippen LogP contribution < -0.4 is 10.6 Å². The van der Waals surface area contributed by atoms with Gasteiger partial charge < -0.3 is 20.6 Å². The van der Waals surface area contributed by atoms with E-state index in [0.717, 1.165) is 11.1 Å². The minimum atomic E-state index is -1.33. The Kier molecular flexibility index (Phi) is 8.04. The number of halogens is 2. The molecule has 8 nitrogen and oxygen atoms in total. The minimum absolute atomic E-state index is 0.0211. The van der Waals surface area contributed by atoms with Crippen molar-refractivity contribution >= 4 is 52.4 Å². The number of hydrogen-bond donors (Lipinski definition) is 3. The van der Waals surface area contributed by atoms with Gasteiger partial charge >= 0.3 is 5.97 Å². The predicted molar refractivity (Wildman–Crippen MR) is 146 cm³/mol.